The first-order valence-electron chi connectivity index (χ1n) is 7.49. The van der Waals surface area contributed by atoms with Gasteiger partial charge in [-0.05, 0) is 57.0 Å². The molecule has 1 unspecified atom stereocenters. The molecule has 0 radical (unpaired) electrons. The molecule has 1 aliphatic rings. The highest BCUT2D eigenvalue weighted by molar-refractivity contribution is 5.29. The zero-order chi connectivity index (χ0) is 13.5. The van der Waals surface area contributed by atoms with E-state index in [1.54, 1.807) is 0 Å². The predicted octanol–water partition coefficient (Wildman–Crippen LogP) is 2.44. The second-order valence-corrected chi connectivity index (χ2v) is 5.27. The fourth-order valence-electron chi connectivity index (χ4n) is 2.85. The Bertz CT molecular complexity index is 375. The Hall–Kier alpha value is -1.06. The summed E-state index contributed by atoms with van der Waals surface area (Å²) in [5, 5.41) is 0. The van der Waals surface area contributed by atoms with Crippen LogP contribution in [0.25, 0.3) is 0 Å². The maximum absolute atomic E-state index is 5.98. The third-order valence-electron chi connectivity index (χ3n) is 3.86. The van der Waals surface area contributed by atoms with Crippen LogP contribution in [0.3, 0.4) is 0 Å². The van der Waals surface area contributed by atoms with E-state index < -0.39 is 0 Å². The summed E-state index contributed by atoms with van der Waals surface area (Å²) in [4.78, 5) is 2.55. The second kappa shape index (κ2) is 7.51. The van der Waals surface area contributed by atoms with Crippen LogP contribution < -0.4 is 10.5 Å². The first-order chi connectivity index (χ1) is 9.33. The first-order valence-corrected chi connectivity index (χ1v) is 7.49. The number of hydrogen-bond acceptors (Lipinski definition) is 3. The van der Waals surface area contributed by atoms with Gasteiger partial charge in [0.1, 0.15) is 5.75 Å². The van der Waals surface area contributed by atoms with E-state index in [4.69, 9.17) is 10.5 Å². The molecule has 1 saturated heterocycles. The van der Waals surface area contributed by atoms with Crippen molar-refractivity contribution in [3.63, 3.8) is 0 Å². The number of nitrogens with two attached hydrogens (primary N) is 1. The van der Waals surface area contributed by atoms with Crippen LogP contribution in [0.2, 0.25) is 0 Å². The molecule has 0 saturated carbocycles. The standard InChI is InChI=1S/C16H26N2O/c1-2-19-16-8-6-7-14(12-16)11-15(13-17)18-9-4-3-5-10-18/h6-8,12,15H,2-5,9-11,13,17H2,1H3. The SMILES string of the molecule is CCOc1cccc(CC(CN)N2CCCCC2)c1. The summed E-state index contributed by atoms with van der Waals surface area (Å²) in [6.45, 7) is 5.87. The van der Waals surface area contributed by atoms with Gasteiger partial charge in [0.25, 0.3) is 0 Å². The summed E-state index contributed by atoms with van der Waals surface area (Å²) in [5.41, 5.74) is 7.30. The summed E-state index contributed by atoms with van der Waals surface area (Å²) in [5.74, 6) is 0.967. The minimum atomic E-state index is 0.470. The summed E-state index contributed by atoms with van der Waals surface area (Å²) >= 11 is 0. The molecule has 0 aliphatic carbocycles. The Morgan fingerprint density at radius 3 is 2.74 bits per heavy atom. The average molecular weight is 262 g/mol. The molecule has 1 atom stereocenters. The van der Waals surface area contributed by atoms with Crippen LogP contribution in [0, 0.1) is 0 Å². The number of benzene rings is 1. The summed E-state index contributed by atoms with van der Waals surface area (Å²) < 4.78 is 5.56. The Kier molecular flexibility index (Phi) is 5.67. The second-order valence-electron chi connectivity index (χ2n) is 5.27. The van der Waals surface area contributed by atoms with E-state index in [9.17, 15) is 0 Å². The number of nitrogens with zero attached hydrogens (tertiary/aromatic N) is 1. The number of piperidine rings is 1. The molecule has 19 heavy (non-hydrogen) atoms. The predicted molar refractivity (Wildman–Crippen MR) is 79.6 cm³/mol. The van der Waals surface area contributed by atoms with Crippen LogP contribution in [0.1, 0.15) is 31.7 Å². The van der Waals surface area contributed by atoms with Crippen molar-refractivity contribution in [1.82, 2.24) is 4.90 Å². The van der Waals surface area contributed by atoms with Crippen LogP contribution in [-0.4, -0.2) is 37.2 Å². The van der Waals surface area contributed by atoms with Crippen molar-refractivity contribution in [2.75, 3.05) is 26.2 Å². The van der Waals surface area contributed by atoms with Gasteiger partial charge in [0.05, 0.1) is 6.61 Å². The van der Waals surface area contributed by atoms with Crippen molar-refractivity contribution in [3.8, 4) is 5.75 Å². The molecule has 1 heterocycles. The lowest BCUT2D eigenvalue weighted by atomic mass is 10.0. The molecule has 3 nitrogen and oxygen atoms in total. The molecule has 3 heteroatoms. The van der Waals surface area contributed by atoms with Gasteiger partial charge < -0.3 is 10.5 Å². The minimum Gasteiger partial charge on any atom is -0.494 e. The summed E-state index contributed by atoms with van der Waals surface area (Å²) in [7, 11) is 0. The van der Waals surface area contributed by atoms with E-state index in [0.717, 1.165) is 25.3 Å². The molecule has 0 bridgehead atoms. The lowest BCUT2D eigenvalue weighted by Gasteiger charge is -2.34. The van der Waals surface area contributed by atoms with Gasteiger partial charge in [0.15, 0.2) is 0 Å². The van der Waals surface area contributed by atoms with Gasteiger partial charge in [-0.2, -0.15) is 0 Å². The molecule has 1 aromatic carbocycles. The van der Waals surface area contributed by atoms with Crippen LogP contribution in [0.5, 0.6) is 5.75 Å². The van der Waals surface area contributed by atoms with Crippen LogP contribution >= 0.6 is 0 Å². The zero-order valence-corrected chi connectivity index (χ0v) is 12.0. The summed E-state index contributed by atoms with van der Waals surface area (Å²) in [6.07, 6.45) is 5.02. The maximum Gasteiger partial charge on any atom is 0.119 e. The van der Waals surface area contributed by atoms with Gasteiger partial charge in [-0.3, -0.25) is 4.90 Å². The maximum atomic E-state index is 5.98. The Balaban J connectivity index is 1.98. The highest BCUT2D eigenvalue weighted by Gasteiger charge is 2.19. The van der Waals surface area contributed by atoms with E-state index in [0.29, 0.717) is 6.04 Å². The minimum absolute atomic E-state index is 0.470. The Labute approximate surface area is 116 Å². The molecule has 0 amide bonds. The molecule has 2 rings (SSSR count). The zero-order valence-electron chi connectivity index (χ0n) is 12.0. The number of hydrogen-bond donors (Lipinski definition) is 1. The molecular weight excluding hydrogens is 236 g/mol. The van der Waals surface area contributed by atoms with Gasteiger partial charge in [-0.15, -0.1) is 0 Å². The molecular formula is C16H26N2O. The van der Waals surface area contributed by atoms with E-state index in [2.05, 4.69) is 23.1 Å². The molecule has 0 spiro atoms. The van der Waals surface area contributed by atoms with Gasteiger partial charge >= 0.3 is 0 Å². The number of likely N-dealkylation sites (tertiary alicyclic amines) is 1. The molecule has 1 aromatic rings. The number of rotatable bonds is 6. The Morgan fingerprint density at radius 2 is 2.05 bits per heavy atom. The third-order valence-corrected chi connectivity index (χ3v) is 3.86. The molecule has 106 valence electrons. The van der Waals surface area contributed by atoms with Gasteiger partial charge in [0, 0.05) is 12.6 Å². The van der Waals surface area contributed by atoms with Crippen molar-refractivity contribution in [3.05, 3.63) is 29.8 Å². The van der Waals surface area contributed by atoms with E-state index in [1.165, 1.54) is 37.9 Å². The topological polar surface area (TPSA) is 38.5 Å². The van der Waals surface area contributed by atoms with Crippen molar-refractivity contribution in [2.24, 2.45) is 5.73 Å². The normalized spacial score (nSPS) is 18.2. The highest BCUT2D eigenvalue weighted by Crippen LogP contribution is 2.18. The Morgan fingerprint density at radius 1 is 1.26 bits per heavy atom. The fraction of sp³-hybridized carbons (Fsp3) is 0.625. The van der Waals surface area contributed by atoms with Gasteiger partial charge in [-0.1, -0.05) is 18.6 Å². The van der Waals surface area contributed by atoms with Crippen LogP contribution in [-0.2, 0) is 6.42 Å². The first kappa shape index (κ1) is 14.4. The highest BCUT2D eigenvalue weighted by atomic mass is 16.5. The third kappa shape index (κ3) is 4.22. The smallest absolute Gasteiger partial charge is 0.119 e. The van der Waals surface area contributed by atoms with Gasteiger partial charge in [-0.25, -0.2) is 0 Å². The molecule has 2 N–H and O–H groups in total. The lowest BCUT2D eigenvalue weighted by molar-refractivity contribution is 0.166. The quantitative estimate of drug-likeness (QED) is 0.856. The van der Waals surface area contributed by atoms with Crippen molar-refractivity contribution >= 4 is 0 Å². The lowest BCUT2D eigenvalue weighted by Crippen LogP contribution is -2.44. The molecule has 0 aromatic heterocycles. The van der Waals surface area contributed by atoms with E-state index >= 15 is 0 Å². The molecule has 1 fully saturated rings. The van der Waals surface area contributed by atoms with Crippen molar-refractivity contribution in [1.29, 1.82) is 0 Å². The fourth-order valence-corrected chi connectivity index (χ4v) is 2.85. The summed E-state index contributed by atoms with van der Waals surface area (Å²) in [6, 6.07) is 8.89. The van der Waals surface area contributed by atoms with Crippen molar-refractivity contribution < 1.29 is 4.74 Å². The monoisotopic (exact) mass is 262 g/mol. The van der Waals surface area contributed by atoms with E-state index in [-0.39, 0.29) is 0 Å². The largest absolute Gasteiger partial charge is 0.494 e. The van der Waals surface area contributed by atoms with Crippen LogP contribution in [0.15, 0.2) is 24.3 Å². The van der Waals surface area contributed by atoms with Crippen molar-refractivity contribution in [2.45, 2.75) is 38.6 Å². The number of ether oxygens (including phenoxy) is 1. The van der Waals surface area contributed by atoms with Crippen LogP contribution in [0.4, 0.5) is 0 Å². The van der Waals surface area contributed by atoms with E-state index in [1.807, 2.05) is 13.0 Å². The average Bonchev–Trinajstić information content (AvgIpc) is 2.46. The molecule has 1 aliphatic heterocycles. The van der Waals surface area contributed by atoms with Gasteiger partial charge in [0.2, 0.25) is 0 Å².